The molecule has 3 aromatic carbocycles. The number of hydrogen-bond donors (Lipinski definition) is 1. The molecule has 2 heterocycles. The van der Waals surface area contributed by atoms with Gasteiger partial charge in [-0.3, -0.25) is 0 Å². The van der Waals surface area contributed by atoms with Gasteiger partial charge < -0.3 is 4.98 Å². The van der Waals surface area contributed by atoms with Crippen molar-refractivity contribution >= 4 is 31.7 Å². The lowest BCUT2D eigenvalue weighted by atomic mass is 9.98. The lowest BCUT2D eigenvalue weighted by molar-refractivity contribution is 0.297. The summed E-state index contributed by atoms with van der Waals surface area (Å²) in [6.07, 6.45) is 1.45. The van der Waals surface area contributed by atoms with Crippen molar-refractivity contribution in [2.24, 2.45) is 0 Å². The molecule has 0 spiro atoms. The summed E-state index contributed by atoms with van der Waals surface area (Å²) in [6.45, 7) is 2.55. The van der Waals surface area contributed by atoms with E-state index >= 15 is 0 Å². The molecule has 0 saturated carbocycles. The van der Waals surface area contributed by atoms with Gasteiger partial charge in [0.25, 0.3) is 0 Å². The molecule has 1 aromatic heterocycles. The first-order valence-corrected chi connectivity index (χ1v) is 11.1. The highest BCUT2D eigenvalue weighted by atomic mass is 32.2. The van der Waals surface area contributed by atoms with Crippen LogP contribution in [0, 0.1) is 0 Å². The summed E-state index contributed by atoms with van der Waals surface area (Å²) in [5.41, 5.74) is 3.38. The summed E-state index contributed by atoms with van der Waals surface area (Å²) in [5, 5.41) is 2.93. The van der Waals surface area contributed by atoms with Gasteiger partial charge in [-0.05, 0) is 35.9 Å². The molecule has 0 bridgehead atoms. The molecule has 28 heavy (non-hydrogen) atoms. The molecule has 0 fully saturated rings. The van der Waals surface area contributed by atoms with Crippen molar-refractivity contribution in [1.29, 1.82) is 0 Å². The number of para-hydroxylation sites is 1. The van der Waals surface area contributed by atoms with E-state index in [0.717, 1.165) is 34.8 Å². The van der Waals surface area contributed by atoms with Crippen LogP contribution in [0.2, 0.25) is 0 Å². The highest BCUT2D eigenvalue weighted by Crippen LogP contribution is 2.40. The molecule has 0 amide bonds. The van der Waals surface area contributed by atoms with Gasteiger partial charge in [-0.1, -0.05) is 61.5 Å². The van der Waals surface area contributed by atoms with E-state index in [2.05, 4.69) is 24.0 Å². The molecule has 1 aliphatic heterocycles. The van der Waals surface area contributed by atoms with Crippen LogP contribution < -0.4 is 0 Å². The van der Waals surface area contributed by atoms with Crippen LogP contribution >= 0.6 is 0 Å². The Balaban J connectivity index is 1.66. The van der Waals surface area contributed by atoms with Gasteiger partial charge in [0.1, 0.15) is 0 Å². The number of nitrogens with zero attached hydrogens (tertiary/aromatic N) is 1. The normalized spacial score (nSPS) is 17.8. The number of hydrogen-bond acceptors (Lipinski definition) is 2. The van der Waals surface area contributed by atoms with Crippen molar-refractivity contribution in [3.05, 3.63) is 78.0 Å². The maximum atomic E-state index is 13.7. The fourth-order valence-corrected chi connectivity index (χ4v) is 6.43. The number of nitrogens with one attached hydrogen (secondary N) is 1. The Morgan fingerprint density at radius 3 is 2.50 bits per heavy atom. The van der Waals surface area contributed by atoms with E-state index in [0.29, 0.717) is 11.4 Å². The van der Waals surface area contributed by atoms with Crippen molar-refractivity contribution in [3.63, 3.8) is 0 Å². The minimum absolute atomic E-state index is 0.180. The van der Waals surface area contributed by atoms with Crippen LogP contribution in [0.5, 0.6) is 0 Å². The van der Waals surface area contributed by atoms with Crippen molar-refractivity contribution in [1.82, 2.24) is 9.29 Å². The Morgan fingerprint density at radius 1 is 0.964 bits per heavy atom. The second-order valence-corrected chi connectivity index (χ2v) is 9.19. The summed E-state index contributed by atoms with van der Waals surface area (Å²) >= 11 is 0. The smallest absolute Gasteiger partial charge is 0.244 e. The number of H-pyrrole nitrogens is 1. The van der Waals surface area contributed by atoms with Gasteiger partial charge in [-0.25, -0.2) is 8.42 Å². The monoisotopic (exact) mass is 390 g/mol. The zero-order chi connectivity index (χ0) is 19.3. The Kier molecular flexibility index (Phi) is 4.03. The van der Waals surface area contributed by atoms with Crippen molar-refractivity contribution < 1.29 is 8.42 Å². The Hall–Kier alpha value is -2.63. The topological polar surface area (TPSA) is 53.2 Å². The average Bonchev–Trinajstić information content (AvgIpc) is 3.11. The van der Waals surface area contributed by atoms with E-state index in [4.69, 9.17) is 0 Å². The Labute approximate surface area is 164 Å². The van der Waals surface area contributed by atoms with Gasteiger partial charge >= 0.3 is 0 Å². The number of rotatable bonds is 3. The van der Waals surface area contributed by atoms with Crippen LogP contribution in [0.1, 0.15) is 30.6 Å². The average molecular weight is 391 g/mol. The first-order chi connectivity index (χ1) is 13.6. The second-order valence-electron chi connectivity index (χ2n) is 7.33. The third-order valence-electron chi connectivity index (χ3n) is 5.83. The summed E-state index contributed by atoms with van der Waals surface area (Å²) in [4.78, 5) is 3.89. The van der Waals surface area contributed by atoms with E-state index in [-0.39, 0.29) is 6.04 Å². The summed E-state index contributed by atoms with van der Waals surface area (Å²) in [6, 6.07) is 21.2. The number of aromatic amines is 1. The standard InChI is InChI=1S/C23H22N2O2S/c1-2-21-23-19(18-11-5-6-12-20(18)24-23)14-15-25(21)28(26,27)22-13-7-9-16-8-3-4-10-17(16)22/h3-13,21,24H,2,14-15H2,1H3. The molecule has 5 rings (SSSR count). The largest absolute Gasteiger partial charge is 0.357 e. The van der Waals surface area contributed by atoms with E-state index in [1.165, 1.54) is 10.9 Å². The molecule has 142 valence electrons. The number of aromatic nitrogens is 1. The minimum Gasteiger partial charge on any atom is -0.357 e. The van der Waals surface area contributed by atoms with Gasteiger partial charge in [0.05, 0.1) is 10.9 Å². The number of sulfonamides is 1. The summed E-state index contributed by atoms with van der Waals surface area (Å²) < 4.78 is 29.1. The molecule has 4 nitrogen and oxygen atoms in total. The molecule has 1 N–H and O–H groups in total. The maximum absolute atomic E-state index is 13.7. The van der Waals surface area contributed by atoms with Crippen molar-refractivity contribution in [3.8, 4) is 0 Å². The van der Waals surface area contributed by atoms with Crippen LogP contribution in [0.4, 0.5) is 0 Å². The summed E-state index contributed by atoms with van der Waals surface area (Å²) in [7, 11) is -3.62. The molecule has 1 unspecified atom stereocenters. The molecular formula is C23H22N2O2S. The van der Waals surface area contributed by atoms with Crippen molar-refractivity contribution in [2.45, 2.75) is 30.7 Å². The lowest BCUT2D eigenvalue weighted by Crippen LogP contribution is -2.39. The van der Waals surface area contributed by atoms with E-state index in [1.54, 1.807) is 10.4 Å². The molecule has 5 heteroatoms. The highest BCUT2D eigenvalue weighted by molar-refractivity contribution is 7.89. The zero-order valence-electron chi connectivity index (χ0n) is 15.7. The highest BCUT2D eigenvalue weighted by Gasteiger charge is 2.37. The third-order valence-corrected chi connectivity index (χ3v) is 7.80. The van der Waals surface area contributed by atoms with Gasteiger partial charge in [-0.2, -0.15) is 4.31 Å². The maximum Gasteiger partial charge on any atom is 0.244 e. The molecule has 0 saturated heterocycles. The first kappa shape index (κ1) is 17.5. The lowest BCUT2D eigenvalue weighted by Gasteiger charge is -2.34. The molecular weight excluding hydrogens is 368 g/mol. The quantitative estimate of drug-likeness (QED) is 0.534. The van der Waals surface area contributed by atoms with Crippen LogP contribution in [0.3, 0.4) is 0 Å². The Morgan fingerprint density at radius 2 is 1.68 bits per heavy atom. The fraction of sp³-hybridized carbons (Fsp3) is 0.217. The predicted molar refractivity (Wildman–Crippen MR) is 113 cm³/mol. The van der Waals surface area contributed by atoms with E-state index in [9.17, 15) is 8.42 Å². The van der Waals surface area contributed by atoms with Crippen LogP contribution in [-0.2, 0) is 16.4 Å². The number of fused-ring (bicyclic) bond motifs is 4. The van der Waals surface area contributed by atoms with Crippen LogP contribution in [-0.4, -0.2) is 24.3 Å². The molecule has 0 aliphatic carbocycles. The van der Waals surface area contributed by atoms with Crippen LogP contribution in [0.25, 0.3) is 21.7 Å². The van der Waals surface area contributed by atoms with Gasteiger partial charge in [0.15, 0.2) is 0 Å². The van der Waals surface area contributed by atoms with Crippen molar-refractivity contribution in [2.75, 3.05) is 6.54 Å². The van der Waals surface area contributed by atoms with Gasteiger partial charge in [0, 0.05) is 28.5 Å². The van der Waals surface area contributed by atoms with E-state index < -0.39 is 10.0 Å². The molecule has 0 radical (unpaired) electrons. The number of benzene rings is 3. The minimum atomic E-state index is -3.62. The SMILES string of the molecule is CCC1c2[nH]c3ccccc3c2CCN1S(=O)(=O)c1cccc2ccccc12. The zero-order valence-corrected chi connectivity index (χ0v) is 16.5. The summed E-state index contributed by atoms with van der Waals surface area (Å²) in [5.74, 6) is 0. The molecule has 1 aliphatic rings. The molecule has 4 aromatic rings. The fourth-order valence-electron chi connectivity index (χ4n) is 4.54. The van der Waals surface area contributed by atoms with E-state index in [1.807, 2.05) is 48.5 Å². The van der Waals surface area contributed by atoms with Gasteiger partial charge in [-0.15, -0.1) is 0 Å². The van der Waals surface area contributed by atoms with Gasteiger partial charge in [0.2, 0.25) is 10.0 Å². The predicted octanol–water partition coefficient (Wildman–Crippen LogP) is 5.02. The second kappa shape index (κ2) is 6.47. The Bertz CT molecular complexity index is 1290. The molecule has 1 atom stereocenters. The third kappa shape index (κ3) is 2.50. The van der Waals surface area contributed by atoms with Crippen LogP contribution in [0.15, 0.2) is 71.6 Å². The first-order valence-electron chi connectivity index (χ1n) is 9.70.